The zero-order valence-corrected chi connectivity index (χ0v) is 9.35. The standard InChI is InChI=1S/C8H17NO.C2H6/c1-7(2)5-6-9(4)8(3)10;1-2/h7H,5-6H2,1-4H3;1-2H3. The van der Waals surface area contributed by atoms with Crippen molar-refractivity contribution in [3.8, 4) is 0 Å². The van der Waals surface area contributed by atoms with Crippen LogP contribution in [0.15, 0.2) is 0 Å². The topological polar surface area (TPSA) is 20.3 Å². The fourth-order valence-corrected chi connectivity index (χ4v) is 0.609. The zero-order chi connectivity index (χ0) is 10.1. The Bertz CT molecular complexity index is 110. The average molecular weight is 173 g/mol. The van der Waals surface area contributed by atoms with Crippen LogP contribution in [0.25, 0.3) is 0 Å². The molecule has 0 N–H and O–H groups in total. The molecule has 0 aliphatic carbocycles. The van der Waals surface area contributed by atoms with E-state index in [-0.39, 0.29) is 5.91 Å². The largest absolute Gasteiger partial charge is 0.346 e. The van der Waals surface area contributed by atoms with E-state index in [2.05, 4.69) is 13.8 Å². The van der Waals surface area contributed by atoms with Gasteiger partial charge in [0, 0.05) is 20.5 Å². The van der Waals surface area contributed by atoms with Crippen LogP contribution in [0, 0.1) is 5.92 Å². The number of carbonyl (C=O) groups is 1. The Balaban J connectivity index is 0. The van der Waals surface area contributed by atoms with Crippen LogP contribution in [-0.2, 0) is 4.79 Å². The molecule has 0 heterocycles. The lowest BCUT2D eigenvalue weighted by atomic mass is 10.1. The monoisotopic (exact) mass is 173 g/mol. The Morgan fingerprint density at radius 1 is 1.33 bits per heavy atom. The molecule has 0 aromatic heterocycles. The van der Waals surface area contributed by atoms with Crippen LogP contribution < -0.4 is 0 Å². The number of hydrogen-bond acceptors (Lipinski definition) is 1. The van der Waals surface area contributed by atoms with Crippen molar-refractivity contribution in [2.45, 2.75) is 41.0 Å². The van der Waals surface area contributed by atoms with Gasteiger partial charge in [-0.2, -0.15) is 0 Å². The van der Waals surface area contributed by atoms with E-state index < -0.39 is 0 Å². The van der Waals surface area contributed by atoms with Gasteiger partial charge in [0.15, 0.2) is 0 Å². The molecule has 0 aromatic rings. The van der Waals surface area contributed by atoms with Gasteiger partial charge in [-0.05, 0) is 12.3 Å². The smallest absolute Gasteiger partial charge is 0.219 e. The number of carbonyl (C=O) groups excluding carboxylic acids is 1. The molecule has 0 saturated heterocycles. The lowest BCUT2D eigenvalue weighted by Crippen LogP contribution is -2.25. The molecule has 0 unspecified atom stereocenters. The SMILES string of the molecule is CC.CC(=O)N(C)CCC(C)C. The van der Waals surface area contributed by atoms with Gasteiger partial charge in [-0.25, -0.2) is 0 Å². The first kappa shape index (κ1) is 14.0. The summed E-state index contributed by atoms with van der Waals surface area (Å²) in [6, 6.07) is 0. The maximum Gasteiger partial charge on any atom is 0.219 e. The normalized spacial score (nSPS) is 8.92. The number of amides is 1. The summed E-state index contributed by atoms with van der Waals surface area (Å²) in [6.45, 7) is 10.8. The van der Waals surface area contributed by atoms with E-state index in [1.165, 1.54) is 0 Å². The Kier molecular flexibility index (Phi) is 10.0. The second kappa shape index (κ2) is 8.57. The van der Waals surface area contributed by atoms with Crippen LogP contribution in [0.2, 0.25) is 0 Å². The van der Waals surface area contributed by atoms with E-state index in [0.29, 0.717) is 5.92 Å². The van der Waals surface area contributed by atoms with Gasteiger partial charge in [0.1, 0.15) is 0 Å². The van der Waals surface area contributed by atoms with Crippen molar-refractivity contribution < 1.29 is 4.79 Å². The lowest BCUT2D eigenvalue weighted by Gasteiger charge is -2.15. The number of hydrogen-bond donors (Lipinski definition) is 0. The molecule has 0 radical (unpaired) electrons. The predicted octanol–water partition coefficient (Wildman–Crippen LogP) is 2.54. The number of nitrogens with zero attached hydrogens (tertiary/aromatic N) is 1. The zero-order valence-electron chi connectivity index (χ0n) is 9.35. The molecule has 0 aromatic carbocycles. The third-order valence-electron chi connectivity index (χ3n) is 1.58. The van der Waals surface area contributed by atoms with E-state index >= 15 is 0 Å². The quantitative estimate of drug-likeness (QED) is 0.642. The van der Waals surface area contributed by atoms with Gasteiger partial charge < -0.3 is 4.90 Å². The minimum atomic E-state index is 0.153. The molecule has 12 heavy (non-hydrogen) atoms. The van der Waals surface area contributed by atoms with Crippen molar-refractivity contribution in [2.75, 3.05) is 13.6 Å². The Morgan fingerprint density at radius 3 is 2.00 bits per heavy atom. The van der Waals surface area contributed by atoms with E-state index in [9.17, 15) is 4.79 Å². The van der Waals surface area contributed by atoms with Gasteiger partial charge in [-0.1, -0.05) is 27.7 Å². The molecule has 1 amide bonds. The molecule has 0 aliphatic heterocycles. The molecule has 0 rings (SSSR count). The minimum Gasteiger partial charge on any atom is -0.346 e. The van der Waals surface area contributed by atoms with Crippen molar-refractivity contribution in [1.82, 2.24) is 4.90 Å². The number of rotatable bonds is 3. The summed E-state index contributed by atoms with van der Waals surface area (Å²) in [7, 11) is 1.84. The second-order valence-electron chi connectivity index (χ2n) is 3.12. The molecule has 2 heteroatoms. The van der Waals surface area contributed by atoms with Crippen LogP contribution in [0.1, 0.15) is 41.0 Å². The molecular formula is C10H23NO. The molecule has 74 valence electrons. The molecule has 0 saturated carbocycles. The highest BCUT2D eigenvalue weighted by atomic mass is 16.2. The first-order valence-corrected chi connectivity index (χ1v) is 4.75. The summed E-state index contributed by atoms with van der Waals surface area (Å²) in [5.41, 5.74) is 0. The van der Waals surface area contributed by atoms with Gasteiger partial charge >= 0.3 is 0 Å². The fourth-order valence-electron chi connectivity index (χ4n) is 0.609. The van der Waals surface area contributed by atoms with Crippen LogP contribution in [0.4, 0.5) is 0 Å². The Morgan fingerprint density at radius 2 is 1.75 bits per heavy atom. The van der Waals surface area contributed by atoms with Crippen molar-refractivity contribution in [1.29, 1.82) is 0 Å². The third kappa shape index (κ3) is 9.47. The first-order chi connectivity index (χ1) is 5.54. The van der Waals surface area contributed by atoms with Crippen LogP contribution in [-0.4, -0.2) is 24.4 Å². The van der Waals surface area contributed by atoms with Crippen molar-refractivity contribution in [2.24, 2.45) is 5.92 Å². The first-order valence-electron chi connectivity index (χ1n) is 4.75. The molecule has 0 atom stereocenters. The summed E-state index contributed by atoms with van der Waals surface area (Å²) in [5, 5.41) is 0. The Hall–Kier alpha value is -0.530. The molecule has 0 spiro atoms. The summed E-state index contributed by atoms with van der Waals surface area (Å²) in [6.07, 6.45) is 1.09. The second-order valence-corrected chi connectivity index (χ2v) is 3.12. The Labute approximate surface area is 77.0 Å². The molecule has 0 bridgehead atoms. The summed E-state index contributed by atoms with van der Waals surface area (Å²) in [5.74, 6) is 0.836. The van der Waals surface area contributed by atoms with Gasteiger partial charge in [0.05, 0.1) is 0 Å². The fraction of sp³-hybridized carbons (Fsp3) is 0.900. The maximum absolute atomic E-state index is 10.7. The molecular weight excluding hydrogens is 150 g/mol. The van der Waals surface area contributed by atoms with E-state index in [1.54, 1.807) is 11.8 Å². The predicted molar refractivity (Wildman–Crippen MR) is 54.1 cm³/mol. The van der Waals surface area contributed by atoms with E-state index in [4.69, 9.17) is 0 Å². The summed E-state index contributed by atoms with van der Waals surface area (Å²) < 4.78 is 0. The highest BCUT2D eigenvalue weighted by Gasteiger charge is 2.01. The summed E-state index contributed by atoms with van der Waals surface area (Å²) in [4.78, 5) is 12.4. The van der Waals surface area contributed by atoms with Crippen molar-refractivity contribution in [3.63, 3.8) is 0 Å². The van der Waals surface area contributed by atoms with E-state index in [0.717, 1.165) is 13.0 Å². The van der Waals surface area contributed by atoms with Gasteiger partial charge in [-0.3, -0.25) is 4.79 Å². The molecule has 2 nitrogen and oxygen atoms in total. The molecule has 0 aliphatic rings. The highest BCUT2D eigenvalue weighted by molar-refractivity contribution is 5.72. The van der Waals surface area contributed by atoms with Crippen LogP contribution in [0.3, 0.4) is 0 Å². The average Bonchev–Trinajstić information content (AvgIpc) is 2.03. The van der Waals surface area contributed by atoms with Crippen molar-refractivity contribution >= 4 is 5.91 Å². The van der Waals surface area contributed by atoms with Gasteiger partial charge in [0.2, 0.25) is 5.91 Å². The molecule has 0 fully saturated rings. The lowest BCUT2D eigenvalue weighted by molar-refractivity contribution is -0.127. The van der Waals surface area contributed by atoms with Crippen molar-refractivity contribution in [3.05, 3.63) is 0 Å². The van der Waals surface area contributed by atoms with Gasteiger partial charge in [0.25, 0.3) is 0 Å². The summed E-state index contributed by atoms with van der Waals surface area (Å²) >= 11 is 0. The minimum absolute atomic E-state index is 0.153. The third-order valence-corrected chi connectivity index (χ3v) is 1.58. The maximum atomic E-state index is 10.7. The van der Waals surface area contributed by atoms with Crippen LogP contribution >= 0.6 is 0 Å². The van der Waals surface area contributed by atoms with Crippen LogP contribution in [0.5, 0.6) is 0 Å². The highest BCUT2D eigenvalue weighted by Crippen LogP contribution is 1.99. The van der Waals surface area contributed by atoms with Gasteiger partial charge in [-0.15, -0.1) is 0 Å². The van der Waals surface area contributed by atoms with E-state index in [1.807, 2.05) is 20.9 Å².